The smallest absolute Gasteiger partial charge is 0.394 e. The number of nitrogens with two attached hydrogens (primary N) is 1. The molecule has 0 aromatic carbocycles. The Kier molecular flexibility index (Phi) is 35.9. The fraction of sp³-hybridized carbons (Fsp3) is 0.639. The molecule has 1 fully saturated rings. The van der Waals surface area contributed by atoms with Crippen molar-refractivity contribution in [2.24, 2.45) is 5.73 Å². The van der Waals surface area contributed by atoms with Gasteiger partial charge in [0.15, 0.2) is 6.29 Å². The fourth-order valence-electron chi connectivity index (χ4n) is 8.16. The first-order chi connectivity index (χ1) is 33.6. The van der Waals surface area contributed by atoms with Crippen LogP contribution in [0, 0.1) is 0 Å². The molecule has 0 bridgehead atoms. The van der Waals surface area contributed by atoms with Crippen LogP contribution in [0.25, 0.3) is 0 Å². The van der Waals surface area contributed by atoms with Gasteiger partial charge in [0.25, 0.3) is 0 Å². The predicted octanol–water partition coefficient (Wildman–Crippen LogP) is 16.1. The van der Waals surface area contributed by atoms with E-state index in [9.17, 15) is 24.8 Å². The van der Waals surface area contributed by atoms with Gasteiger partial charge in [0.05, 0.1) is 19.3 Å². The summed E-state index contributed by atoms with van der Waals surface area (Å²) in [5.74, 6) is 0. The van der Waals surface area contributed by atoms with Gasteiger partial charge in [-0.3, -0.25) is 9.05 Å². The Morgan fingerprint density at radius 2 is 0.704 bits per heavy atom. The number of hydrogen-bond donors (Lipinski definition) is 5. The lowest BCUT2D eigenvalue weighted by molar-refractivity contribution is -0.243. The summed E-state index contributed by atoms with van der Waals surface area (Å²) in [6.45, 7) is 25.8. The maximum atomic E-state index is 12.5. The molecule has 0 aliphatic carbocycles. The van der Waals surface area contributed by atoms with Gasteiger partial charge >= 0.3 is 7.82 Å². The molecule has 1 heterocycles. The average Bonchev–Trinajstić information content (AvgIpc) is 3.29. The maximum Gasteiger partial charge on any atom is 0.474 e. The van der Waals surface area contributed by atoms with Gasteiger partial charge in [0.2, 0.25) is 0 Å². The minimum absolute atomic E-state index is 0.166. The van der Waals surface area contributed by atoms with E-state index in [1.807, 2.05) is 6.92 Å². The van der Waals surface area contributed by atoms with E-state index in [1.165, 1.54) is 68.6 Å². The first-order valence-corrected chi connectivity index (χ1v) is 28.3. The molecule has 0 amide bonds. The number of allylic oxidation sites excluding steroid dienone is 21. The Morgan fingerprint density at radius 3 is 0.958 bits per heavy atom. The largest absolute Gasteiger partial charge is 0.474 e. The van der Waals surface area contributed by atoms with E-state index in [2.05, 4.69) is 137 Å². The summed E-state index contributed by atoms with van der Waals surface area (Å²) in [7, 11) is -4.59. The molecular formula is C61H102NO8P. The molecule has 0 aromatic heterocycles. The molecule has 0 saturated carbocycles. The van der Waals surface area contributed by atoms with Crippen molar-refractivity contribution in [1.82, 2.24) is 0 Å². The van der Waals surface area contributed by atoms with E-state index in [-0.39, 0.29) is 6.61 Å². The third-order valence-electron chi connectivity index (χ3n) is 13.2. The number of aliphatic hydroxyl groups excluding tert-OH is 3. The van der Waals surface area contributed by atoms with E-state index in [1.54, 1.807) is 6.08 Å². The molecular weight excluding hydrogens is 906 g/mol. The highest BCUT2D eigenvalue weighted by Crippen LogP contribution is 2.46. The molecule has 1 rings (SSSR count). The summed E-state index contributed by atoms with van der Waals surface area (Å²) in [5, 5.41) is 29.3. The molecule has 1 aliphatic heterocycles. The second-order valence-electron chi connectivity index (χ2n) is 20.8. The SMILES string of the molecule is CC(C)=CCC/C(C)=C/CC/C(C)=C/CC/C(C)=C/CC/C(C)=C/CC/C(C)=C/CC/C(C)=C/CC/C(C)=C/CC/C(C)=C/CC/C(C)=C/CC/C(C)=C/COP(=O)(O)O[C@@H]1O[C@H](CO)[C@H](O)[C@H](O)[C@H]1N. The van der Waals surface area contributed by atoms with Gasteiger partial charge < -0.3 is 30.7 Å². The number of rotatable bonds is 36. The zero-order valence-corrected chi connectivity index (χ0v) is 47.6. The highest BCUT2D eigenvalue weighted by atomic mass is 31.2. The van der Waals surface area contributed by atoms with Gasteiger partial charge in [-0.2, -0.15) is 0 Å². The van der Waals surface area contributed by atoms with Crippen LogP contribution in [-0.4, -0.2) is 64.1 Å². The van der Waals surface area contributed by atoms with Crippen molar-refractivity contribution in [3.63, 3.8) is 0 Å². The zero-order chi connectivity index (χ0) is 53.2. The Bertz CT molecular complexity index is 1930. The number of ether oxygens (including phenoxy) is 1. The zero-order valence-electron chi connectivity index (χ0n) is 46.7. The second-order valence-corrected chi connectivity index (χ2v) is 22.2. The van der Waals surface area contributed by atoms with Crippen molar-refractivity contribution in [3.05, 3.63) is 128 Å². The van der Waals surface area contributed by atoms with Crippen molar-refractivity contribution >= 4 is 7.82 Å². The Balaban J connectivity index is 2.26. The monoisotopic (exact) mass is 1010 g/mol. The van der Waals surface area contributed by atoms with Crippen molar-refractivity contribution in [1.29, 1.82) is 0 Å². The van der Waals surface area contributed by atoms with Crippen LogP contribution in [0.2, 0.25) is 0 Å². The van der Waals surface area contributed by atoms with Crippen LogP contribution in [-0.2, 0) is 18.3 Å². The highest BCUT2D eigenvalue weighted by molar-refractivity contribution is 7.47. The van der Waals surface area contributed by atoms with Crippen LogP contribution in [0.3, 0.4) is 0 Å². The molecule has 0 radical (unpaired) electrons. The van der Waals surface area contributed by atoms with Crippen LogP contribution >= 0.6 is 7.82 Å². The lowest BCUT2D eigenvalue weighted by atomic mass is 9.98. The van der Waals surface area contributed by atoms with Crippen LogP contribution in [0.1, 0.15) is 212 Å². The molecule has 1 aliphatic rings. The summed E-state index contributed by atoms with van der Waals surface area (Å²) in [6, 6.07) is -1.30. The molecule has 0 aromatic rings. The van der Waals surface area contributed by atoms with Gasteiger partial charge in [-0.15, -0.1) is 0 Å². The number of phosphoric acid groups is 1. The number of aliphatic hydroxyl groups is 3. The molecule has 71 heavy (non-hydrogen) atoms. The molecule has 1 saturated heterocycles. The van der Waals surface area contributed by atoms with Gasteiger partial charge in [0.1, 0.15) is 18.3 Å². The van der Waals surface area contributed by atoms with Gasteiger partial charge in [-0.25, -0.2) is 4.57 Å². The van der Waals surface area contributed by atoms with Crippen LogP contribution in [0.15, 0.2) is 128 Å². The first kappa shape index (κ1) is 66.1. The summed E-state index contributed by atoms with van der Waals surface area (Å²) in [6.07, 6.45) is 41.7. The number of phosphoric ester groups is 1. The van der Waals surface area contributed by atoms with Gasteiger partial charge in [-0.1, -0.05) is 128 Å². The van der Waals surface area contributed by atoms with Gasteiger partial charge in [-0.05, 0) is 212 Å². The molecule has 0 spiro atoms. The van der Waals surface area contributed by atoms with Crippen molar-refractivity contribution in [3.8, 4) is 0 Å². The van der Waals surface area contributed by atoms with Gasteiger partial charge in [0, 0.05) is 0 Å². The third kappa shape index (κ3) is 34.2. The predicted molar refractivity (Wildman–Crippen MR) is 302 cm³/mol. The maximum absolute atomic E-state index is 12.5. The quantitative estimate of drug-likeness (QED) is 0.0305. The third-order valence-corrected chi connectivity index (χ3v) is 14.2. The van der Waals surface area contributed by atoms with Crippen LogP contribution < -0.4 is 5.73 Å². The molecule has 6 N–H and O–H groups in total. The van der Waals surface area contributed by atoms with Crippen molar-refractivity contribution < 1.29 is 38.6 Å². The number of hydrogen-bond acceptors (Lipinski definition) is 8. The average molecular weight is 1010 g/mol. The standard InChI is InChI=1S/C61H102NO8P/c1-46(2)23-13-24-47(3)25-14-26-48(4)27-15-28-49(5)29-16-30-50(6)31-17-32-51(7)33-18-34-52(8)35-19-36-53(9)37-20-38-54(10)39-21-40-55(11)41-22-42-56(12)43-44-68-71(66,67)70-61-58(62)60(65)59(64)57(45-63)69-61/h23,25,27,29,31,33,35,37,39,41,43,57-61,63-65H,13-22,24,26,28,30,32,34,36,38,40,42,44-45,62H2,1-12H3,(H,66,67)/b47-25+,48-27+,49-29+,50-31+,51-33+,52-35+,53-37+,54-39+,55-41+,56-43+/t57-,58-,59+,60-,61+/m1/s1. The minimum atomic E-state index is -4.59. The lowest BCUT2D eigenvalue weighted by Gasteiger charge is -2.40. The normalized spacial score (nSPS) is 21.8. The molecule has 6 atom stereocenters. The topological polar surface area (TPSA) is 152 Å². The summed E-state index contributed by atoms with van der Waals surface area (Å²) < 4.78 is 27.7. The molecule has 9 nitrogen and oxygen atoms in total. The van der Waals surface area contributed by atoms with E-state index in [4.69, 9.17) is 19.5 Å². The molecule has 1 unspecified atom stereocenters. The highest BCUT2D eigenvalue weighted by Gasteiger charge is 2.45. The summed E-state index contributed by atoms with van der Waals surface area (Å²) in [4.78, 5) is 10.1. The molecule has 10 heteroatoms. The Hall–Kier alpha value is -2.95. The fourth-order valence-corrected chi connectivity index (χ4v) is 8.94. The van der Waals surface area contributed by atoms with Crippen LogP contribution in [0.5, 0.6) is 0 Å². The second kappa shape index (κ2) is 38.6. The van der Waals surface area contributed by atoms with E-state index in [0.717, 1.165) is 121 Å². The lowest BCUT2D eigenvalue weighted by Crippen LogP contribution is -2.62. The van der Waals surface area contributed by atoms with E-state index >= 15 is 0 Å². The van der Waals surface area contributed by atoms with Crippen LogP contribution in [0.4, 0.5) is 0 Å². The first-order valence-electron chi connectivity index (χ1n) is 26.9. The Morgan fingerprint density at radius 1 is 0.451 bits per heavy atom. The van der Waals surface area contributed by atoms with E-state index < -0.39 is 45.1 Å². The van der Waals surface area contributed by atoms with Crippen molar-refractivity contribution in [2.75, 3.05) is 13.2 Å². The van der Waals surface area contributed by atoms with Crippen molar-refractivity contribution in [2.45, 2.75) is 242 Å². The Labute approximate surface area is 433 Å². The minimum Gasteiger partial charge on any atom is -0.394 e. The summed E-state index contributed by atoms with van der Waals surface area (Å²) >= 11 is 0. The summed E-state index contributed by atoms with van der Waals surface area (Å²) in [5.41, 5.74) is 21.4. The molecule has 404 valence electrons. The van der Waals surface area contributed by atoms with E-state index in [0.29, 0.717) is 0 Å².